The Morgan fingerprint density at radius 3 is 1.75 bits per heavy atom. The molecule has 4 rings (SSSR count). The molecule has 2 aromatic carbocycles. The number of anilines is 1. The van der Waals surface area contributed by atoms with Crippen molar-refractivity contribution in [1.82, 2.24) is 14.6 Å². The van der Waals surface area contributed by atoms with E-state index in [0.717, 1.165) is 16.9 Å². The van der Waals surface area contributed by atoms with Gasteiger partial charge in [0.25, 0.3) is 0 Å². The Balaban J connectivity index is 1.90. The van der Waals surface area contributed by atoms with Gasteiger partial charge < -0.3 is 5.73 Å². The summed E-state index contributed by atoms with van der Waals surface area (Å²) in [5, 5.41) is 3.96. The molecule has 0 bridgehead atoms. The van der Waals surface area contributed by atoms with E-state index in [1.807, 2.05) is 0 Å². The van der Waals surface area contributed by atoms with Gasteiger partial charge in [0.1, 0.15) is 15.6 Å². The lowest BCUT2D eigenvalue weighted by atomic mass is 10.4. The van der Waals surface area contributed by atoms with E-state index in [2.05, 4.69) is 10.1 Å². The lowest BCUT2D eigenvalue weighted by Crippen LogP contribution is -2.11. The predicted molar refractivity (Wildman–Crippen MR) is 101 cm³/mol. The second-order valence-corrected chi connectivity index (χ2v) is 9.72. The summed E-state index contributed by atoms with van der Waals surface area (Å²) in [5.41, 5.74) is 5.98. The Bertz CT molecular complexity index is 1380. The Morgan fingerprint density at radius 1 is 0.714 bits per heavy atom. The smallest absolute Gasteiger partial charge is 0.211 e. The fourth-order valence-electron chi connectivity index (χ4n) is 2.76. The molecule has 8 nitrogen and oxygen atoms in total. The summed E-state index contributed by atoms with van der Waals surface area (Å²) in [6.07, 6.45) is 2.17. The molecule has 0 radical (unpaired) electrons. The average Bonchev–Trinajstić information content (AvgIpc) is 3.15. The number of fused-ring (bicyclic) bond motifs is 1. The second kappa shape index (κ2) is 6.43. The minimum Gasteiger partial charge on any atom is -0.382 e. The van der Waals surface area contributed by atoms with Crippen molar-refractivity contribution >= 4 is 31.1 Å². The van der Waals surface area contributed by atoms with Crippen molar-refractivity contribution in [2.75, 3.05) is 5.73 Å². The van der Waals surface area contributed by atoms with E-state index >= 15 is 0 Å². The minimum atomic E-state index is -3.94. The first-order chi connectivity index (χ1) is 13.3. The first-order valence-corrected chi connectivity index (χ1v) is 11.0. The maximum Gasteiger partial charge on any atom is 0.211 e. The molecule has 0 amide bonds. The highest BCUT2D eigenvalue weighted by Crippen LogP contribution is 2.29. The van der Waals surface area contributed by atoms with Gasteiger partial charge >= 0.3 is 0 Å². The van der Waals surface area contributed by atoms with Crippen LogP contribution in [0.15, 0.2) is 92.6 Å². The summed E-state index contributed by atoms with van der Waals surface area (Å²) >= 11 is 0. The lowest BCUT2D eigenvalue weighted by molar-refractivity contribution is 0.595. The lowest BCUT2D eigenvalue weighted by Gasteiger charge is -2.09. The molecule has 28 heavy (non-hydrogen) atoms. The number of sulfone groups is 2. The van der Waals surface area contributed by atoms with Crippen LogP contribution in [0.4, 0.5) is 5.82 Å². The average molecular weight is 414 g/mol. The van der Waals surface area contributed by atoms with Crippen molar-refractivity contribution in [3.63, 3.8) is 0 Å². The molecule has 2 aromatic heterocycles. The molecule has 142 valence electrons. The van der Waals surface area contributed by atoms with Crippen molar-refractivity contribution in [1.29, 1.82) is 0 Å². The van der Waals surface area contributed by atoms with Crippen LogP contribution in [0.2, 0.25) is 0 Å². The summed E-state index contributed by atoms with van der Waals surface area (Å²) < 4.78 is 52.5. The largest absolute Gasteiger partial charge is 0.382 e. The molecule has 0 unspecified atom stereocenters. The molecule has 0 aliphatic rings. The van der Waals surface area contributed by atoms with Gasteiger partial charge in [-0.1, -0.05) is 36.4 Å². The highest BCUT2D eigenvalue weighted by molar-refractivity contribution is 7.92. The van der Waals surface area contributed by atoms with Crippen LogP contribution in [-0.2, 0) is 19.7 Å². The second-order valence-electron chi connectivity index (χ2n) is 5.88. The summed E-state index contributed by atoms with van der Waals surface area (Å²) in [7, 11) is -7.83. The molecular weight excluding hydrogens is 400 g/mol. The number of hydrogen-bond donors (Lipinski definition) is 1. The number of nitrogens with zero attached hydrogens (tertiary/aromatic N) is 3. The van der Waals surface area contributed by atoms with Crippen LogP contribution in [0.1, 0.15) is 0 Å². The van der Waals surface area contributed by atoms with Crippen LogP contribution in [-0.4, -0.2) is 31.4 Å². The maximum absolute atomic E-state index is 12.9. The van der Waals surface area contributed by atoms with Crippen LogP contribution in [0.5, 0.6) is 0 Å². The minimum absolute atomic E-state index is 0.0478. The Morgan fingerprint density at radius 2 is 1.21 bits per heavy atom. The van der Waals surface area contributed by atoms with Crippen molar-refractivity contribution in [2.45, 2.75) is 19.6 Å². The number of hydrogen-bond acceptors (Lipinski definition) is 7. The maximum atomic E-state index is 12.9. The standard InChI is InChI=1S/C18H14N4O4S2/c19-17-15(27(23,24)13-7-3-1-4-8-13)11-20-18-16(12-21-22(17)18)28(25,26)14-9-5-2-6-10-14/h1-12H,19H2. The van der Waals surface area contributed by atoms with E-state index in [-0.39, 0.29) is 31.0 Å². The molecule has 0 fully saturated rings. The van der Waals surface area contributed by atoms with Gasteiger partial charge in [0.15, 0.2) is 5.65 Å². The number of aromatic nitrogens is 3. The molecule has 0 saturated carbocycles. The molecule has 10 heteroatoms. The third-order valence-corrected chi connectivity index (χ3v) is 7.73. The number of nitrogen functional groups attached to an aromatic ring is 1. The van der Waals surface area contributed by atoms with E-state index in [9.17, 15) is 16.8 Å². The molecule has 0 atom stereocenters. The van der Waals surface area contributed by atoms with Gasteiger partial charge in [-0.3, -0.25) is 0 Å². The van der Waals surface area contributed by atoms with E-state index in [0.29, 0.717) is 0 Å². The molecule has 2 heterocycles. The molecule has 2 N–H and O–H groups in total. The molecule has 0 spiro atoms. The van der Waals surface area contributed by atoms with E-state index in [1.165, 1.54) is 24.3 Å². The summed E-state index contributed by atoms with van der Waals surface area (Å²) in [4.78, 5) is 3.76. The highest BCUT2D eigenvalue weighted by Gasteiger charge is 2.27. The molecule has 0 aliphatic carbocycles. The Hall–Kier alpha value is -3.24. The summed E-state index contributed by atoms with van der Waals surface area (Å²) in [6.45, 7) is 0. The zero-order valence-electron chi connectivity index (χ0n) is 14.3. The normalized spacial score (nSPS) is 12.3. The van der Waals surface area contributed by atoms with Crippen LogP contribution in [0, 0.1) is 0 Å². The van der Waals surface area contributed by atoms with Gasteiger partial charge in [0.2, 0.25) is 19.7 Å². The van der Waals surface area contributed by atoms with E-state index in [4.69, 9.17) is 5.73 Å². The molecule has 0 saturated heterocycles. The topological polar surface area (TPSA) is 124 Å². The van der Waals surface area contributed by atoms with Gasteiger partial charge in [0, 0.05) is 0 Å². The number of rotatable bonds is 4. The highest BCUT2D eigenvalue weighted by atomic mass is 32.2. The van der Waals surface area contributed by atoms with Crippen LogP contribution in [0.3, 0.4) is 0 Å². The first-order valence-electron chi connectivity index (χ1n) is 8.06. The monoisotopic (exact) mass is 414 g/mol. The third kappa shape index (κ3) is 2.74. The van der Waals surface area contributed by atoms with Gasteiger partial charge in [-0.2, -0.15) is 9.61 Å². The van der Waals surface area contributed by atoms with Crippen molar-refractivity contribution in [3.05, 3.63) is 73.1 Å². The predicted octanol–water partition coefficient (Wildman–Crippen LogP) is 1.98. The van der Waals surface area contributed by atoms with E-state index in [1.54, 1.807) is 36.4 Å². The number of nitrogens with two attached hydrogens (primary N) is 1. The van der Waals surface area contributed by atoms with E-state index < -0.39 is 19.7 Å². The van der Waals surface area contributed by atoms with Crippen molar-refractivity contribution in [2.24, 2.45) is 0 Å². The Kier molecular flexibility index (Phi) is 4.16. The summed E-state index contributed by atoms with van der Waals surface area (Å²) in [5.74, 6) is -0.219. The van der Waals surface area contributed by atoms with Gasteiger partial charge in [-0.25, -0.2) is 21.8 Å². The molecule has 0 aliphatic heterocycles. The molecule has 4 aromatic rings. The SMILES string of the molecule is Nc1c(S(=O)(=O)c2ccccc2)cnc2c(S(=O)(=O)c3ccccc3)cnn12. The van der Waals surface area contributed by atoms with Crippen LogP contribution < -0.4 is 5.73 Å². The number of benzene rings is 2. The zero-order chi connectivity index (χ0) is 19.9. The first kappa shape index (κ1) is 18.1. The van der Waals surface area contributed by atoms with Crippen molar-refractivity contribution < 1.29 is 16.8 Å². The van der Waals surface area contributed by atoms with Crippen LogP contribution >= 0.6 is 0 Å². The summed E-state index contributed by atoms with van der Waals surface area (Å²) in [6, 6.07) is 15.6. The zero-order valence-corrected chi connectivity index (χ0v) is 15.9. The fourth-order valence-corrected chi connectivity index (χ4v) is 5.42. The Labute approximate surface area is 161 Å². The third-order valence-electron chi connectivity index (χ3n) is 4.18. The van der Waals surface area contributed by atoms with Gasteiger partial charge in [0.05, 0.1) is 22.2 Å². The van der Waals surface area contributed by atoms with Crippen LogP contribution in [0.25, 0.3) is 5.65 Å². The van der Waals surface area contributed by atoms with Gasteiger partial charge in [-0.05, 0) is 24.3 Å². The van der Waals surface area contributed by atoms with Crippen molar-refractivity contribution in [3.8, 4) is 0 Å². The van der Waals surface area contributed by atoms with Gasteiger partial charge in [-0.15, -0.1) is 0 Å². The molecular formula is C18H14N4O4S2. The quantitative estimate of drug-likeness (QED) is 0.541. The fraction of sp³-hybridized carbons (Fsp3) is 0.